The lowest BCUT2D eigenvalue weighted by atomic mass is 10.3. The summed E-state index contributed by atoms with van der Waals surface area (Å²) in [7, 11) is 0. The average Bonchev–Trinajstić information content (AvgIpc) is 3.10. The van der Waals surface area contributed by atoms with Crippen molar-refractivity contribution in [2.45, 2.75) is 39.3 Å². The second-order valence-electron chi connectivity index (χ2n) is 4.87. The van der Waals surface area contributed by atoms with Crippen LogP contribution in [0.5, 0.6) is 5.88 Å². The lowest BCUT2D eigenvalue weighted by Crippen LogP contribution is -2.22. The topological polar surface area (TPSA) is 34.2 Å². The Kier molecular flexibility index (Phi) is 4.24. The van der Waals surface area contributed by atoms with Gasteiger partial charge in [-0.2, -0.15) is 0 Å². The second-order valence-corrected chi connectivity index (χ2v) is 5.28. The molecule has 1 fully saturated rings. The van der Waals surface area contributed by atoms with Crippen molar-refractivity contribution < 1.29 is 4.74 Å². The van der Waals surface area contributed by atoms with E-state index in [0.717, 1.165) is 18.2 Å². The highest BCUT2D eigenvalue weighted by molar-refractivity contribution is 6.31. The van der Waals surface area contributed by atoms with Gasteiger partial charge in [-0.05, 0) is 24.8 Å². The molecule has 1 aliphatic carbocycles. The smallest absolute Gasteiger partial charge is 0.213 e. The van der Waals surface area contributed by atoms with Crippen LogP contribution in [0.3, 0.4) is 0 Å². The fourth-order valence-electron chi connectivity index (χ4n) is 1.46. The van der Waals surface area contributed by atoms with Crippen LogP contribution < -0.4 is 10.1 Å². The van der Waals surface area contributed by atoms with E-state index in [1.807, 2.05) is 12.1 Å². The maximum Gasteiger partial charge on any atom is 0.213 e. The van der Waals surface area contributed by atoms with E-state index in [-0.39, 0.29) is 0 Å². The zero-order valence-electron chi connectivity index (χ0n) is 10.4. The number of hydrogen-bond donors (Lipinski definition) is 1. The Hall–Kier alpha value is -0.800. The number of nitrogens with one attached hydrogen (secondary N) is 1. The van der Waals surface area contributed by atoms with Crippen LogP contribution in [0.1, 0.15) is 32.4 Å². The lowest BCUT2D eigenvalue weighted by Gasteiger charge is -2.10. The van der Waals surface area contributed by atoms with Crippen LogP contribution >= 0.6 is 11.6 Å². The third-order valence-corrected chi connectivity index (χ3v) is 3.08. The maximum absolute atomic E-state index is 6.10. The zero-order valence-corrected chi connectivity index (χ0v) is 11.1. The number of aromatic nitrogens is 1. The first kappa shape index (κ1) is 12.7. The van der Waals surface area contributed by atoms with Crippen molar-refractivity contribution in [3.63, 3.8) is 0 Å². The van der Waals surface area contributed by atoms with E-state index in [1.165, 1.54) is 12.8 Å². The van der Waals surface area contributed by atoms with Gasteiger partial charge in [0.15, 0.2) is 0 Å². The summed E-state index contributed by atoms with van der Waals surface area (Å²) in [6, 6.07) is 4.11. The summed E-state index contributed by atoms with van der Waals surface area (Å²) in [6.45, 7) is 5.66. The Morgan fingerprint density at radius 1 is 1.47 bits per heavy atom. The number of hydrogen-bond acceptors (Lipinski definition) is 3. The van der Waals surface area contributed by atoms with Crippen molar-refractivity contribution >= 4 is 11.6 Å². The van der Waals surface area contributed by atoms with Crippen LogP contribution in [-0.4, -0.2) is 17.6 Å². The van der Waals surface area contributed by atoms with E-state index in [4.69, 9.17) is 16.3 Å². The molecule has 1 N–H and O–H groups in total. The first-order valence-electron chi connectivity index (χ1n) is 6.16. The van der Waals surface area contributed by atoms with Crippen LogP contribution in [0.2, 0.25) is 5.02 Å². The minimum absolute atomic E-state index is 0.420. The molecular weight excluding hydrogens is 236 g/mol. The van der Waals surface area contributed by atoms with Gasteiger partial charge in [0.25, 0.3) is 0 Å². The van der Waals surface area contributed by atoms with E-state index < -0.39 is 0 Å². The minimum Gasteiger partial charge on any atom is -0.477 e. The molecule has 0 amide bonds. The van der Waals surface area contributed by atoms with Crippen LogP contribution in [0.15, 0.2) is 12.1 Å². The van der Waals surface area contributed by atoms with E-state index >= 15 is 0 Å². The number of rotatable bonds is 6. The summed E-state index contributed by atoms with van der Waals surface area (Å²) in [5.74, 6) is 1.42. The predicted octanol–water partition coefficient (Wildman–Crippen LogP) is 3.02. The van der Waals surface area contributed by atoms with Gasteiger partial charge in [-0.15, -0.1) is 0 Å². The molecule has 94 valence electrons. The summed E-state index contributed by atoms with van der Waals surface area (Å²) in [4.78, 5) is 4.43. The van der Waals surface area contributed by atoms with E-state index in [0.29, 0.717) is 23.5 Å². The Labute approximate surface area is 108 Å². The fraction of sp³-hybridized carbons (Fsp3) is 0.615. The summed E-state index contributed by atoms with van der Waals surface area (Å²) >= 11 is 6.10. The molecule has 2 rings (SSSR count). The third-order valence-electron chi connectivity index (χ3n) is 2.73. The Morgan fingerprint density at radius 2 is 2.24 bits per heavy atom. The van der Waals surface area contributed by atoms with Crippen LogP contribution in [0.4, 0.5) is 0 Å². The largest absolute Gasteiger partial charge is 0.477 e. The first-order valence-corrected chi connectivity index (χ1v) is 6.54. The van der Waals surface area contributed by atoms with Gasteiger partial charge in [-0.3, -0.25) is 0 Å². The van der Waals surface area contributed by atoms with Crippen molar-refractivity contribution in [3.05, 3.63) is 22.8 Å². The molecule has 3 nitrogen and oxygen atoms in total. The summed E-state index contributed by atoms with van der Waals surface area (Å²) in [5, 5.41) is 4.00. The molecule has 1 aliphatic rings. The van der Waals surface area contributed by atoms with E-state index in [2.05, 4.69) is 24.1 Å². The second kappa shape index (κ2) is 5.69. The summed E-state index contributed by atoms with van der Waals surface area (Å²) < 4.78 is 5.63. The van der Waals surface area contributed by atoms with Gasteiger partial charge < -0.3 is 10.1 Å². The highest BCUT2D eigenvalue weighted by atomic mass is 35.5. The van der Waals surface area contributed by atoms with Crippen LogP contribution in [-0.2, 0) is 6.54 Å². The molecule has 1 aromatic rings. The van der Waals surface area contributed by atoms with Crippen molar-refractivity contribution in [2.24, 2.45) is 5.92 Å². The van der Waals surface area contributed by atoms with E-state index in [1.54, 1.807) is 0 Å². The van der Waals surface area contributed by atoms with Gasteiger partial charge in [0.2, 0.25) is 5.88 Å². The van der Waals surface area contributed by atoms with Crippen molar-refractivity contribution in [2.75, 3.05) is 6.61 Å². The molecule has 17 heavy (non-hydrogen) atoms. The van der Waals surface area contributed by atoms with Gasteiger partial charge in [0.1, 0.15) is 0 Å². The standard InChI is InChI=1S/C13H19ClN2O/c1-9(2)15-7-12-11(14)5-6-13(16-12)17-8-10-3-4-10/h5-6,9-10,15H,3-4,7-8H2,1-2H3. The van der Waals surface area contributed by atoms with Gasteiger partial charge in [-0.25, -0.2) is 4.98 Å². The molecule has 0 unspecified atom stereocenters. The molecule has 0 bridgehead atoms. The van der Waals surface area contributed by atoms with Crippen LogP contribution in [0.25, 0.3) is 0 Å². The van der Waals surface area contributed by atoms with Crippen LogP contribution in [0, 0.1) is 5.92 Å². The van der Waals surface area contributed by atoms with Gasteiger partial charge in [-0.1, -0.05) is 25.4 Å². The monoisotopic (exact) mass is 254 g/mol. The van der Waals surface area contributed by atoms with Gasteiger partial charge >= 0.3 is 0 Å². The molecule has 1 heterocycles. The molecule has 4 heteroatoms. The van der Waals surface area contributed by atoms with Crippen molar-refractivity contribution in [3.8, 4) is 5.88 Å². The Balaban J connectivity index is 1.94. The number of ether oxygens (including phenoxy) is 1. The molecule has 0 aromatic carbocycles. The first-order chi connectivity index (χ1) is 8.15. The number of pyridine rings is 1. The molecule has 0 aliphatic heterocycles. The molecule has 1 aromatic heterocycles. The minimum atomic E-state index is 0.420. The molecule has 0 spiro atoms. The van der Waals surface area contributed by atoms with Crippen molar-refractivity contribution in [1.29, 1.82) is 0 Å². The highest BCUT2D eigenvalue weighted by Gasteiger charge is 2.22. The SMILES string of the molecule is CC(C)NCc1nc(OCC2CC2)ccc1Cl. The predicted molar refractivity (Wildman–Crippen MR) is 69.4 cm³/mol. The van der Waals surface area contributed by atoms with E-state index in [9.17, 15) is 0 Å². The summed E-state index contributed by atoms with van der Waals surface area (Å²) in [6.07, 6.45) is 2.57. The zero-order chi connectivity index (χ0) is 12.3. The number of halogens is 1. The molecular formula is C13H19ClN2O. The van der Waals surface area contributed by atoms with Gasteiger partial charge in [0.05, 0.1) is 17.3 Å². The maximum atomic E-state index is 6.10. The lowest BCUT2D eigenvalue weighted by molar-refractivity contribution is 0.287. The molecule has 0 atom stereocenters. The third kappa shape index (κ3) is 4.17. The quantitative estimate of drug-likeness (QED) is 0.847. The fourth-order valence-corrected chi connectivity index (χ4v) is 1.63. The average molecular weight is 255 g/mol. The highest BCUT2D eigenvalue weighted by Crippen LogP contribution is 2.29. The van der Waals surface area contributed by atoms with Gasteiger partial charge in [0, 0.05) is 18.7 Å². The molecule has 0 radical (unpaired) electrons. The Bertz CT molecular complexity index is 378. The normalized spacial score (nSPS) is 15.3. The molecule has 0 saturated heterocycles. The Morgan fingerprint density at radius 3 is 2.88 bits per heavy atom. The molecule has 1 saturated carbocycles. The van der Waals surface area contributed by atoms with Crippen molar-refractivity contribution in [1.82, 2.24) is 10.3 Å². The summed E-state index contributed by atoms with van der Waals surface area (Å²) in [5.41, 5.74) is 0.855. The number of nitrogens with zero attached hydrogens (tertiary/aromatic N) is 1.